The summed E-state index contributed by atoms with van der Waals surface area (Å²) in [6.45, 7) is 4.47. The van der Waals surface area contributed by atoms with E-state index in [1.807, 2.05) is 54.6 Å². The van der Waals surface area contributed by atoms with E-state index in [9.17, 15) is 4.79 Å². The molecule has 1 saturated heterocycles. The molecule has 0 spiro atoms. The fourth-order valence-corrected chi connectivity index (χ4v) is 2.74. The second-order valence-corrected chi connectivity index (χ2v) is 6.17. The van der Waals surface area contributed by atoms with E-state index in [4.69, 9.17) is 4.74 Å². The molecule has 0 N–H and O–H groups in total. The molecule has 2 aromatic carbocycles. The van der Waals surface area contributed by atoms with Crippen LogP contribution in [0, 0.1) is 5.92 Å². The standard InChI is InChI=1S/C18H16BrNO2/c1-2-13-11-18(21)20(12-13)15-5-9-17(10-6-15)22-16-7-3-14(19)4-8-16/h2-10,13H,1,11-12H2. The molecule has 3 rings (SSSR count). The SMILES string of the molecule is C=CC1CC(=O)N(c2ccc(Oc3ccc(Br)cc3)cc2)C1. The van der Waals surface area contributed by atoms with Crippen molar-refractivity contribution in [2.24, 2.45) is 5.92 Å². The van der Waals surface area contributed by atoms with Crippen LogP contribution in [0.5, 0.6) is 11.5 Å². The topological polar surface area (TPSA) is 29.5 Å². The van der Waals surface area contributed by atoms with Crippen LogP contribution in [0.25, 0.3) is 0 Å². The monoisotopic (exact) mass is 357 g/mol. The smallest absolute Gasteiger partial charge is 0.227 e. The second-order valence-electron chi connectivity index (χ2n) is 5.25. The van der Waals surface area contributed by atoms with Gasteiger partial charge in [0.1, 0.15) is 11.5 Å². The Labute approximate surface area is 138 Å². The van der Waals surface area contributed by atoms with E-state index in [0.29, 0.717) is 13.0 Å². The van der Waals surface area contributed by atoms with Crippen LogP contribution in [0.3, 0.4) is 0 Å². The van der Waals surface area contributed by atoms with Crippen LogP contribution in [0.2, 0.25) is 0 Å². The third-order valence-corrected chi connectivity index (χ3v) is 4.21. The van der Waals surface area contributed by atoms with Crippen LogP contribution in [-0.4, -0.2) is 12.5 Å². The molecule has 0 saturated carbocycles. The summed E-state index contributed by atoms with van der Waals surface area (Å²) in [5.74, 6) is 1.91. The van der Waals surface area contributed by atoms with Crippen molar-refractivity contribution in [3.63, 3.8) is 0 Å². The van der Waals surface area contributed by atoms with Crippen molar-refractivity contribution in [1.82, 2.24) is 0 Å². The second kappa shape index (κ2) is 6.36. The first-order valence-electron chi connectivity index (χ1n) is 7.12. The Hall–Kier alpha value is -2.07. The lowest BCUT2D eigenvalue weighted by Gasteiger charge is -2.16. The molecule has 1 heterocycles. The van der Waals surface area contributed by atoms with E-state index in [0.717, 1.165) is 21.7 Å². The molecule has 112 valence electrons. The summed E-state index contributed by atoms with van der Waals surface area (Å²) >= 11 is 3.39. The zero-order valence-electron chi connectivity index (χ0n) is 12.0. The molecular formula is C18H16BrNO2. The van der Waals surface area contributed by atoms with Gasteiger partial charge in [0.2, 0.25) is 5.91 Å². The van der Waals surface area contributed by atoms with Crippen LogP contribution < -0.4 is 9.64 Å². The molecular weight excluding hydrogens is 342 g/mol. The lowest BCUT2D eigenvalue weighted by Crippen LogP contribution is -2.24. The zero-order valence-corrected chi connectivity index (χ0v) is 13.6. The fourth-order valence-electron chi connectivity index (χ4n) is 2.48. The summed E-state index contributed by atoms with van der Waals surface area (Å²) in [6.07, 6.45) is 2.39. The summed E-state index contributed by atoms with van der Waals surface area (Å²) in [5.41, 5.74) is 0.900. The number of ether oxygens (including phenoxy) is 1. The van der Waals surface area contributed by atoms with Crippen molar-refractivity contribution >= 4 is 27.5 Å². The van der Waals surface area contributed by atoms with Gasteiger partial charge >= 0.3 is 0 Å². The number of carbonyl (C=O) groups is 1. The quantitative estimate of drug-likeness (QED) is 0.736. The molecule has 1 unspecified atom stereocenters. The van der Waals surface area contributed by atoms with Crippen molar-refractivity contribution in [1.29, 1.82) is 0 Å². The number of rotatable bonds is 4. The van der Waals surface area contributed by atoms with E-state index in [1.54, 1.807) is 4.90 Å². The van der Waals surface area contributed by atoms with E-state index >= 15 is 0 Å². The van der Waals surface area contributed by atoms with Gasteiger partial charge in [-0.3, -0.25) is 4.79 Å². The highest BCUT2D eigenvalue weighted by Crippen LogP contribution is 2.29. The molecule has 0 radical (unpaired) electrons. The predicted molar refractivity (Wildman–Crippen MR) is 91.3 cm³/mol. The van der Waals surface area contributed by atoms with Gasteiger partial charge in [-0.2, -0.15) is 0 Å². The maximum atomic E-state index is 12.0. The Morgan fingerprint density at radius 2 is 1.68 bits per heavy atom. The Morgan fingerprint density at radius 3 is 2.23 bits per heavy atom. The molecule has 4 heteroatoms. The number of carbonyl (C=O) groups excluding carboxylic acids is 1. The van der Waals surface area contributed by atoms with Crippen LogP contribution in [0.15, 0.2) is 65.7 Å². The third kappa shape index (κ3) is 3.22. The van der Waals surface area contributed by atoms with Crippen LogP contribution >= 0.6 is 15.9 Å². The number of hydrogen-bond donors (Lipinski definition) is 0. The molecule has 0 bridgehead atoms. The number of hydrogen-bond acceptors (Lipinski definition) is 2. The molecule has 1 aliphatic rings. The van der Waals surface area contributed by atoms with E-state index < -0.39 is 0 Å². The van der Waals surface area contributed by atoms with Crippen molar-refractivity contribution < 1.29 is 9.53 Å². The molecule has 3 nitrogen and oxygen atoms in total. The summed E-state index contributed by atoms with van der Waals surface area (Å²) in [4.78, 5) is 13.8. The molecule has 1 fully saturated rings. The largest absolute Gasteiger partial charge is 0.457 e. The minimum atomic E-state index is 0.145. The third-order valence-electron chi connectivity index (χ3n) is 3.69. The first-order valence-corrected chi connectivity index (χ1v) is 7.91. The number of halogens is 1. The zero-order chi connectivity index (χ0) is 15.5. The first kappa shape index (κ1) is 14.9. The summed E-state index contributed by atoms with van der Waals surface area (Å²) in [5, 5.41) is 0. The summed E-state index contributed by atoms with van der Waals surface area (Å²) < 4.78 is 6.79. The highest BCUT2D eigenvalue weighted by atomic mass is 79.9. The number of nitrogens with zero attached hydrogens (tertiary/aromatic N) is 1. The molecule has 1 atom stereocenters. The summed E-state index contributed by atoms with van der Waals surface area (Å²) in [7, 11) is 0. The van der Waals surface area contributed by atoms with Crippen LogP contribution in [0.1, 0.15) is 6.42 Å². The van der Waals surface area contributed by atoms with Crippen molar-refractivity contribution in [3.05, 3.63) is 65.7 Å². The fraction of sp³-hybridized carbons (Fsp3) is 0.167. The van der Waals surface area contributed by atoms with Crippen molar-refractivity contribution in [2.45, 2.75) is 6.42 Å². The summed E-state index contributed by atoms with van der Waals surface area (Å²) in [6, 6.07) is 15.3. The minimum Gasteiger partial charge on any atom is -0.457 e. The van der Waals surface area contributed by atoms with Crippen molar-refractivity contribution in [3.8, 4) is 11.5 Å². The van der Waals surface area contributed by atoms with Gasteiger partial charge in [0.05, 0.1) is 0 Å². The van der Waals surface area contributed by atoms with E-state index in [1.165, 1.54) is 0 Å². The predicted octanol–water partition coefficient (Wildman–Crippen LogP) is 4.78. The van der Waals surface area contributed by atoms with Gasteiger partial charge in [-0.15, -0.1) is 6.58 Å². The van der Waals surface area contributed by atoms with Gasteiger partial charge in [0, 0.05) is 29.0 Å². The molecule has 22 heavy (non-hydrogen) atoms. The molecule has 2 aromatic rings. The lowest BCUT2D eigenvalue weighted by molar-refractivity contribution is -0.117. The van der Waals surface area contributed by atoms with Gasteiger partial charge in [-0.1, -0.05) is 22.0 Å². The lowest BCUT2D eigenvalue weighted by atomic mass is 10.1. The van der Waals surface area contributed by atoms with Gasteiger partial charge in [-0.25, -0.2) is 0 Å². The van der Waals surface area contributed by atoms with Gasteiger partial charge in [0.25, 0.3) is 0 Å². The first-order chi connectivity index (χ1) is 10.7. The normalized spacial score (nSPS) is 17.6. The van der Waals surface area contributed by atoms with Gasteiger partial charge in [-0.05, 0) is 48.5 Å². The average Bonchev–Trinajstić information content (AvgIpc) is 2.91. The number of amides is 1. The Morgan fingerprint density at radius 1 is 1.09 bits per heavy atom. The molecule has 1 aliphatic heterocycles. The van der Waals surface area contributed by atoms with Crippen molar-refractivity contribution in [2.75, 3.05) is 11.4 Å². The number of benzene rings is 2. The average molecular weight is 358 g/mol. The maximum Gasteiger partial charge on any atom is 0.227 e. The molecule has 0 aromatic heterocycles. The molecule has 0 aliphatic carbocycles. The maximum absolute atomic E-state index is 12.0. The highest BCUT2D eigenvalue weighted by Gasteiger charge is 2.28. The van der Waals surface area contributed by atoms with Crippen LogP contribution in [0.4, 0.5) is 5.69 Å². The Bertz CT molecular complexity index is 679. The van der Waals surface area contributed by atoms with Crippen LogP contribution in [-0.2, 0) is 4.79 Å². The number of anilines is 1. The van der Waals surface area contributed by atoms with Gasteiger partial charge < -0.3 is 9.64 Å². The molecule has 1 amide bonds. The Balaban J connectivity index is 1.71. The minimum absolute atomic E-state index is 0.145. The van der Waals surface area contributed by atoms with Gasteiger partial charge in [0.15, 0.2) is 0 Å². The highest BCUT2D eigenvalue weighted by molar-refractivity contribution is 9.10. The van der Waals surface area contributed by atoms with E-state index in [-0.39, 0.29) is 11.8 Å². The van der Waals surface area contributed by atoms with E-state index in [2.05, 4.69) is 22.5 Å². The Kier molecular flexibility index (Phi) is 4.29.